The summed E-state index contributed by atoms with van der Waals surface area (Å²) in [7, 11) is 0. The van der Waals surface area contributed by atoms with Crippen molar-refractivity contribution in [1.82, 2.24) is 0 Å². The van der Waals surface area contributed by atoms with Gasteiger partial charge in [0.1, 0.15) is 0 Å². The van der Waals surface area contributed by atoms with E-state index in [1.807, 2.05) is 0 Å². The summed E-state index contributed by atoms with van der Waals surface area (Å²) >= 11 is 0. The summed E-state index contributed by atoms with van der Waals surface area (Å²) in [4.78, 5) is 3.88. The van der Waals surface area contributed by atoms with E-state index in [2.05, 4.69) is 4.99 Å². The third kappa shape index (κ3) is 1.39. The summed E-state index contributed by atoms with van der Waals surface area (Å²) in [5.41, 5.74) is 0. The molecule has 37 valence electrons. The number of allylic oxidation sites excluding steroid dienone is 1. The van der Waals surface area contributed by atoms with E-state index in [-0.39, 0.29) is 0 Å². The largest absolute Gasteiger partial charge is 0.492 e. The van der Waals surface area contributed by atoms with Crippen molar-refractivity contribution >= 4 is 6.21 Å². The monoisotopic (exact) mass is 96.0 g/mol. The van der Waals surface area contributed by atoms with Crippen molar-refractivity contribution in [2.75, 3.05) is 6.54 Å². The molecule has 1 radical (unpaired) electrons. The van der Waals surface area contributed by atoms with Gasteiger partial charge in [0, 0.05) is 6.21 Å². The van der Waals surface area contributed by atoms with Crippen LogP contribution in [0, 0.1) is 6.61 Å². The molecule has 0 spiro atoms. The number of aliphatic imine (C=N–C) groups is 1. The van der Waals surface area contributed by atoms with E-state index in [9.17, 15) is 0 Å². The van der Waals surface area contributed by atoms with Crippen LogP contribution in [0.25, 0.3) is 0 Å². The molecule has 1 rings (SSSR count). The van der Waals surface area contributed by atoms with Crippen molar-refractivity contribution in [3.63, 3.8) is 0 Å². The van der Waals surface area contributed by atoms with Crippen LogP contribution in [0.4, 0.5) is 0 Å². The Kier molecular flexibility index (Phi) is 1.50. The molecule has 1 aliphatic rings. The molecule has 0 aromatic heterocycles. The normalized spacial score (nSPS) is 18.3. The molecule has 2 heteroatoms. The maximum absolute atomic E-state index is 4.76. The fourth-order valence-electron chi connectivity index (χ4n) is 0.344. The van der Waals surface area contributed by atoms with E-state index >= 15 is 0 Å². The van der Waals surface area contributed by atoms with Crippen molar-refractivity contribution in [3.05, 3.63) is 18.9 Å². The van der Waals surface area contributed by atoms with Crippen LogP contribution in [0.1, 0.15) is 0 Å². The van der Waals surface area contributed by atoms with Gasteiger partial charge < -0.3 is 4.74 Å². The van der Waals surface area contributed by atoms with E-state index in [4.69, 9.17) is 4.74 Å². The minimum Gasteiger partial charge on any atom is -0.492 e. The highest BCUT2D eigenvalue weighted by Crippen LogP contribution is 1.87. The molecule has 1 heterocycles. The van der Waals surface area contributed by atoms with Crippen LogP contribution >= 0.6 is 0 Å². The van der Waals surface area contributed by atoms with E-state index in [1.54, 1.807) is 25.2 Å². The number of rotatable bonds is 0. The topological polar surface area (TPSA) is 21.6 Å². The highest BCUT2D eigenvalue weighted by molar-refractivity contribution is 5.70. The zero-order chi connectivity index (χ0) is 4.95. The second kappa shape index (κ2) is 2.39. The lowest BCUT2D eigenvalue weighted by Crippen LogP contribution is -1.78. The third-order valence-electron chi connectivity index (χ3n) is 0.625. The Labute approximate surface area is 42.5 Å². The molecule has 0 unspecified atom stereocenters. The average Bonchev–Trinajstić information content (AvgIpc) is 1.90. The molecule has 0 fully saturated rings. The number of hydrogen-bond acceptors (Lipinski definition) is 2. The first-order chi connectivity index (χ1) is 3.50. The first-order valence-electron chi connectivity index (χ1n) is 2.12. The van der Waals surface area contributed by atoms with Crippen molar-refractivity contribution < 1.29 is 4.74 Å². The summed E-state index contributed by atoms with van der Waals surface area (Å²) in [5.74, 6) is 0. The molecule has 0 aromatic carbocycles. The van der Waals surface area contributed by atoms with E-state index in [0.717, 1.165) is 0 Å². The highest BCUT2D eigenvalue weighted by atomic mass is 16.5. The summed E-state index contributed by atoms with van der Waals surface area (Å²) in [6, 6.07) is 0. The molecule has 0 aromatic rings. The quantitative estimate of drug-likeness (QED) is 0.436. The maximum Gasteiger partial charge on any atom is 0.156 e. The van der Waals surface area contributed by atoms with Gasteiger partial charge >= 0.3 is 0 Å². The van der Waals surface area contributed by atoms with Gasteiger partial charge in [-0.15, -0.1) is 0 Å². The van der Waals surface area contributed by atoms with Crippen LogP contribution in [0.15, 0.2) is 17.3 Å². The zero-order valence-corrected chi connectivity index (χ0v) is 3.87. The summed E-state index contributed by atoms with van der Waals surface area (Å²) in [6.07, 6.45) is 5.06. The second-order valence-electron chi connectivity index (χ2n) is 1.15. The lowest BCUT2D eigenvalue weighted by Gasteiger charge is -1.87. The van der Waals surface area contributed by atoms with Gasteiger partial charge in [0.25, 0.3) is 0 Å². The Morgan fingerprint density at radius 1 is 1.57 bits per heavy atom. The van der Waals surface area contributed by atoms with Crippen LogP contribution in [0.5, 0.6) is 0 Å². The molecule has 0 bridgehead atoms. The average molecular weight is 96.1 g/mol. The van der Waals surface area contributed by atoms with Gasteiger partial charge in [-0.2, -0.15) is 0 Å². The number of ether oxygens (including phenoxy) is 1. The van der Waals surface area contributed by atoms with E-state index in [0.29, 0.717) is 6.54 Å². The molecule has 0 aliphatic carbocycles. The van der Waals surface area contributed by atoms with Crippen LogP contribution in [0.2, 0.25) is 0 Å². The SMILES string of the molecule is [CH]1CN=CC=CO1. The molecule has 0 N–H and O–H groups in total. The summed E-state index contributed by atoms with van der Waals surface area (Å²) in [6.45, 7) is 2.30. The minimum atomic E-state index is 0.660. The molecule has 0 atom stereocenters. The van der Waals surface area contributed by atoms with Crippen molar-refractivity contribution in [2.24, 2.45) is 4.99 Å². The molecule has 0 amide bonds. The summed E-state index contributed by atoms with van der Waals surface area (Å²) < 4.78 is 4.76. The maximum atomic E-state index is 4.76. The van der Waals surface area contributed by atoms with E-state index in [1.165, 1.54) is 0 Å². The van der Waals surface area contributed by atoms with Crippen LogP contribution in [0.3, 0.4) is 0 Å². The van der Waals surface area contributed by atoms with Crippen molar-refractivity contribution in [1.29, 1.82) is 0 Å². The predicted molar refractivity (Wildman–Crippen MR) is 27.9 cm³/mol. The summed E-state index contributed by atoms with van der Waals surface area (Å²) in [5, 5.41) is 0. The zero-order valence-electron chi connectivity index (χ0n) is 3.87. The lowest BCUT2D eigenvalue weighted by atomic mass is 10.7. The van der Waals surface area contributed by atoms with Crippen LogP contribution in [-0.2, 0) is 4.74 Å². The molecule has 1 aliphatic heterocycles. The van der Waals surface area contributed by atoms with Gasteiger partial charge in [-0.1, -0.05) is 0 Å². The standard InChI is InChI=1S/C5H6NO/c1-2-6-3-5-7-4-1/h1-2,4-5H,3H2. The van der Waals surface area contributed by atoms with Gasteiger partial charge in [-0.3, -0.25) is 4.99 Å². The van der Waals surface area contributed by atoms with Gasteiger partial charge in [0.2, 0.25) is 0 Å². The van der Waals surface area contributed by atoms with E-state index < -0.39 is 0 Å². The lowest BCUT2D eigenvalue weighted by molar-refractivity contribution is 0.336. The fourth-order valence-corrected chi connectivity index (χ4v) is 0.344. The Balaban J connectivity index is 2.39. The molecule has 0 saturated carbocycles. The van der Waals surface area contributed by atoms with Crippen molar-refractivity contribution in [3.8, 4) is 0 Å². The predicted octanol–water partition coefficient (Wildman–Crippen LogP) is 0.763. The number of hydrogen-bond donors (Lipinski definition) is 0. The molecule has 7 heavy (non-hydrogen) atoms. The molecular formula is C5H6NO. The van der Waals surface area contributed by atoms with Gasteiger partial charge in [0.05, 0.1) is 12.8 Å². The Hall–Kier alpha value is -0.790. The van der Waals surface area contributed by atoms with Crippen LogP contribution < -0.4 is 0 Å². The van der Waals surface area contributed by atoms with Crippen LogP contribution in [-0.4, -0.2) is 12.8 Å². The molecular weight excluding hydrogens is 90.1 g/mol. The minimum absolute atomic E-state index is 0.660. The first-order valence-corrected chi connectivity index (χ1v) is 2.12. The smallest absolute Gasteiger partial charge is 0.156 e. The molecule has 2 nitrogen and oxygen atoms in total. The third-order valence-corrected chi connectivity index (χ3v) is 0.625. The number of nitrogens with zero attached hydrogens (tertiary/aromatic N) is 1. The molecule has 0 saturated heterocycles. The van der Waals surface area contributed by atoms with Gasteiger partial charge in [-0.05, 0) is 6.08 Å². The fraction of sp³-hybridized carbons (Fsp3) is 0.200. The van der Waals surface area contributed by atoms with Gasteiger partial charge in [0.15, 0.2) is 6.61 Å². The Morgan fingerprint density at radius 2 is 2.57 bits per heavy atom. The first kappa shape index (κ1) is 4.37. The van der Waals surface area contributed by atoms with Gasteiger partial charge in [-0.25, -0.2) is 0 Å². The Morgan fingerprint density at radius 3 is 3.57 bits per heavy atom. The Bertz CT molecular complexity index is 84.3. The highest BCUT2D eigenvalue weighted by Gasteiger charge is 1.82. The van der Waals surface area contributed by atoms with Crippen molar-refractivity contribution in [2.45, 2.75) is 0 Å². The second-order valence-corrected chi connectivity index (χ2v) is 1.15.